The number of nitro groups is 1. The fourth-order valence-electron chi connectivity index (χ4n) is 2.50. The average Bonchev–Trinajstić information content (AvgIpc) is 2.52. The van der Waals surface area contributed by atoms with Crippen molar-refractivity contribution in [3.63, 3.8) is 0 Å². The van der Waals surface area contributed by atoms with Crippen molar-refractivity contribution >= 4 is 29.2 Å². The van der Waals surface area contributed by atoms with E-state index in [1.54, 1.807) is 4.90 Å². The van der Waals surface area contributed by atoms with E-state index in [1.165, 1.54) is 12.1 Å². The zero-order valence-electron chi connectivity index (χ0n) is 12.7. The molecule has 0 aliphatic carbocycles. The number of nitro benzene ring substituents is 1. The second-order valence-corrected chi connectivity index (χ2v) is 5.99. The highest BCUT2D eigenvalue weighted by Gasteiger charge is 2.23. The summed E-state index contributed by atoms with van der Waals surface area (Å²) in [5, 5.41) is 10.7. The van der Waals surface area contributed by atoms with Crippen molar-refractivity contribution in [1.82, 2.24) is 4.90 Å². The summed E-state index contributed by atoms with van der Waals surface area (Å²) in [6.07, 6.45) is 2.02. The van der Waals surface area contributed by atoms with Crippen molar-refractivity contribution < 1.29 is 19.2 Å². The van der Waals surface area contributed by atoms with Gasteiger partial charge in [-0.25, -0.2) is 4.79 Å². The lowest BCUT2D eigenvalue weighted by Crippen LogP contribution is -2.41. The molecule has 0 unspecified atom stereocenters. The first kappa shape index (κ1) is 17.2. The van der Waals surface area contributed by atoms with Gasteiger partial charge in [0.15, 0.2) is 6.61 Å². The zero-order valence-corrected chi connectivity index (χ0v) is 13.4. The topological polar surface area (TPSA) is 89.8 Å². The Hall–Kier alpha value is -2.15. The molecule has 1 heterocycles. The number of piperidine rings is 1. The monoisotopic (exact) mass is 340 g/mol. The number of hydrogen-bond donors (Lipinski definition) is 0. The number of rotatable bonds is 4. The van der Waals surface area contributed by atoms with Crippen LogP contribution in [0, 0.1) is 16.0 Å². The van der Waals surface area contributed by atoms with Crippen molar-refractivity contribution in [2.24, 2.45) is 5.92 Å². The molecular formula is C15H17ClN2O5. The summed E-state index contributed by atoms with van der Waals surface area (Å²) in [7, 11) is 0. The van der Waals surface area contributed by atoms with Gasteiger partial charge in [0.1, 0.15) is 5.02 Å². The second-order valence-electron chi connectivity index (χ2n) is 5.59. The predicted octanol–water partition coefficient (Wildman–Crippen LogP) is 2.66. The number of carbonyl (C=O) groups is 2. The van der Waals surface area contributed by atoms with E-state index in [0.29, 0.717) is 19.0 Å². The lowest BCUT2D eigenvalue weighted by atomic mass is 10.0. The SMILES string of the molecule is C[C@@H]1CCCN(C(=O)COC(=O)c2ccc(Cl)c([N+](=O)[O-])c2)C1. The van der Waals surface area contributed by atoms with Crippen LogP contribution in [0.1, 0.15) is 30.1 Å². The van der Waals surface area contributed by atoms with Gasteiger partial charge in [-0.3, -0.25) is 14.9 Å². The van der Waals surface area contributed by atoms with Crippen LogP contribution in [0.15, 0.2) is 18.2 Å². The van der Waals surface area contributed by atoms with Gasteiger partial charge in [-0.15, -0.1) is 0 Å². The highest BCUT2D eigenvalue weighted by molar-refractivity contribution is 6.32. The summed E-state index contributed by atoms with van der Waals surface area (Å²) in [4.78, 5) is 35.8. The molecule has 124 valence electrons. The number of carbonyl (C=O) groups excluding carboxylic acids is 2. The van der Waals surface area contributed by atoms with Crippen molar-refractivity contribution in [2.45, 2.75) is 19.8 Å². The number of benzene rings is 1. The molecule has 1 saturated heterocycles. The molecule has 1 aromatic rings. The highest BCUT2D eigenvalue weighted by atomic mass is 35.5. The molecule has 0 bridgehead atoms. The minimum atomic E-state index is -0.789. The molecule has 2 rings (SSSR count). The molecule has 0 spiro atoms. The van der Waals surface area contributed by atoms with Gasteiger partial charge in [0.05, 0.1) is 10.5 Å². The van der Waals surface area contributed by atoms with Gasteiger partial charge >= 0.3 is 5.97 Å². The maximum Gasteiger partial charge on any atom is 0.338 e. The first-order valence-electron chi connectivity index (χ1n) is 7.27. The van der Waals surface area contributed by atoms with Gasteiger partial charge in [-0.05, 0) is 30.9 Å². The Morgan fingerprint density at radius 1 is 1.48 bits per heavy atom. The maximum atomic E-state index is 12.0. The van der Waals surface area contributed by atoms with Gasteiger partial charge in [0, 0.05) is 19.2 Å². The predicted molar refractivity (Wildman–Crippen MR) is 83.4 cm³/mol. The van der Waals surface area contributed by atoms with E-state index < -0.39 is 10.9 Å². The Morgan fingerprint density at radius 2 is 2.22 bits per heavy atom. The first-order valence-corrected chi connectivity index (χ1v) is 7.65. The third-order valence-electron chi connectivity index (χ3n) is 3.71. The summed E-state index contributed by atoms with van der Waals surface area (Å²) in [6, 6.07) is 3.62. The summed E-state index contributed by atoms with van der Waals surface area (Å²) >= 11 is 5.68. The number of likely N-dealkylation sites (tertiary alicyclic amines) is 1. The van der Waals surface area contributed by atoms with Crippen LogP contribution < -0.4 is 0 Å². The van der Waals surface area contributed by atoms with E-state index in [-0.39, 0.29) is 28.8 Å². The van der Waals surface area contributed by atoms with Crippen LogP contribution in [0.3, 0.4) is 0 Å². The summed E-state index contributed by atoms with van der Waals surface area (Å²) in [5.74, 6) is -0.612. The Balaban J connectivity index is 1.95. The normalized spacial score (nSPS) is 17.7. The number of hydrogen-bond acceptors (Lipinski definition) is 5. The van der Waals surface area contributed by atoms with Crippen LogP contribution in [0.5, 0.6) is 0 Å². The molecule has 1 aromatic carbocycles. The lowest BCUT2D eigenvalue weighted by molar-refractivity contribution is -0.384. The van der Waals surface area contributed by atoms with Crippen LogP contribution in [0.4, 0.5) is 5.69 Å². The molecule has 8 heteroatoms. The molecular weight excluding hydrogens is 324 g/mol. The van der Waals surface area contributed by atoms with E-state index in [0.717, 1.165) is 18.9 Å². The molecule has 7 nitrogen and oxygen atoms in total. The van der Waals surface area contributed by atoms with Crippen LogP contribution in [-0.4, -0.2) is 41.4 Å². The van der Waals surface area contributed by atoms with Gasteiger partial charge in [-0.2, -0.15) is 0 Å². The van der Waals surface area contributed by atoms with E-state index >= 15 is 0 Å². The standard InChI is InChI=1S/C15H17ClN2O5/c1-10-3-2-6-17(8-10)14(19)9-23-15(20)11-4-5-12(16)13(7-11)18(21)22/h4-5,7,10H,2-3,6,8-9H2,1H3/t10-/m1/s1. The summed E-state index contributed by atoms with van der Waals surface area (Å²) in [6.45, 7) is 3.01. The maximum absolute atomic E-state index is 12.0. The van der Waals surface area contributed by atoms with E-state index in [2.05, 4.69) is 6.92 Å². The first-order chi connectivity index (χ1) is 10.9. The average molecular weight is 341 g/mol. The van der Waals surface area contributed by atoms with Crippen molar-refractivity contribution in [3.05, 3.63) is 38.9 Å². The van der Waals surface area contributed by atoms with Gasteiger partial charge in [0.2, 0.25) is 0 Å². The van der Waals surface area contributed by atoms with Crippen molar-refractivity contribution in [3.8, 4) is 0 Å². The van der Waals surface area contributed by atoms with E-state index in [4.69, 9.17) is 16.3 Å². The van der Waals surface area contributed by atoms with Gasteiger partial charge < -0.3 is 9.64 Å². The third kappa shape index (κ3) is 4.41. The molecule has 1 atom stereocenters. The van der Waals surface area contributed by atoms with Crippen LogP contribution in [-0.2, 0) is 9.53 Å². The Bertz CT molecular complexity index is 634. The molecule has 23 heavy (non-hydrogen) atoms. The van der Waals surface area contributed by atoms with Crippen LogP contribution in [0.25, 0.3) is 0 Å². The molecule has 1 amide bonds. The van der Waals surface area contributed by atoms with E-state index in [1.807, 2.05) is 0 Å². The minimum Gasteiger partial charge on any atom is -0.452 e. The molecule has 0 saturated carbocycles. The molecule has 0 radical (unpaired) electrons. The fourth-order valence-corrected chi connectivity index (χ4v) is 2.68. The summed E-state index contributed by atoms with van der Waals surface area (Å²) < 4.78 is 4.96. The Morgan fingerprint density at radius 3 is 2.87 bits per heavy atom. The quantitative estimate of drug-likeness (QED) is 0.477. The molecule has 1 fully saturated rings. The van der Waals surface area contributed by atoms with Crippen LogP contribution >= 0.6 is 11.6 Å². The molecule has 1 aliphatic heterocycles. The number of nitrogens with zero attached hydrogens (tertiary/aromatic N) is 2. The molecule has 0 N–H and O–H groups in total. The number of amides is 1. The molecule has 1 aliphatic rings. The minimum absolute atomic E-state index is 0.0130. The summed E-state index contributed by atoms with van der Waals surface area (Å²) in [5.41, 5.74) is -0.391. The third-order valence-corrected chi connectivity index (χ3v) is 4.03. The molecule has 0 aromatic heterocycles. The largest absolute Gasteiger partial charge is 0.452 e. The van der Waals surface area contributed by atoms with Gasteiger partial charge in [-0.1, -0.05) is 18.5 Å². The number of ether oxygens (including phenoxy) is 1. The highest BCUT2D eigenvalue weighted by Crippen LogP contribution is 2.25. The van der Waals surface area contributed by atoms with E-state index in [9.17, 15) is 19.7 Å². The van der Waals surface area contributed by atoms with Gasteiger partial charge in [0.25, 0.3) is 11.6 Å². The van der Waals surface area contributed by atoms with Crippen molar-refractivity contribution in [1.29, 1.82) is 0 Å². The number of halogens is 1. The van der Waals surface area contributed by atoms with Crippen molar-refractivity contribution in [2.75, 3.05) is 19.7 Å². The zero-order chi connectivity index (χ0) is 17.0. The smallest absolute Gasteiger partial charge is 0.338 e. The second kappa shape index (κ2) is 7.41. The Labute approximate surface area is 138 Å². The van der Waals surface area contributed by atoms with Crippen LogP contribution in [0.2, 0.25) is 5.02 Å². The fraction of sp³-hybridized carbons (Fsp3) is 0.467. The Kier molecular flexibility index (Phi) is 5.54. The lowest BCUT2D eigenvalue weighted by Gasteiger charge is -2.30. The number of esters is 1.